The van der Waals surface area contributed by atoms with E-state index in [2.05, 4.69) is 28.7 Å². The van der Waals surface area contributed by atoms with Crippen molar-refractivity contribution in [2.45, 2.75) is 6.04 Å². The molecule has 0 saturated heterocycles. The summed E-state index contributed by atoms with van der Waals surface area (Å²) >= 11 is 0. The van der Waals surface area contributed by atoms with E-state index in [4.69, 9.17) is 11.5 Å². The minimum Gasteiger partial charge on any atom is -0.329 e. The average molecular weight is 246 g/mol. The Morgan fingerprint density at radius 3 is 2.13 bits per heavy atom. The van der Waals surface area contributed by atoms with Crippen molar-refractivity contribution in [1.82, 2.24) is 0 Å². The van der Waals surface area contributed by atoms with E-state index in [-0.39, 0.29) is 13.2 Å². The molecule has 0 aliphatic carbocycles. The summed E-state index contributed by atoms with van der Waals surface area (Å²) in [6, 6.07) is -0.455. The third-order valence-electron chi connectivity index (χ3n) is 1.06. The van der Waals surface area contributed by atoms with Crippen molar-refractivity contribution in [1.29, 1.82) is 0 Å². The van der Waals surface area contributed by atoms with Crippen molar-refractivity contribution in [3.05, 3.63) is 0 Å². The molecular weight excluding hydrogens is 231 g/mol. The van der Waals surface area contributed by atoms with Crippen LogP contribution in [0.1, 0.15) is 0 Å². The van der Waals surface area contributed by atoms with Crippen LogP contribution in [0.15, 0.2) is 0 Å². The molecule has 0 bridgehead atoms. The fourth-order valence-electron chi connectivity index (χ4n) is 0.470. The summed E-state index contributed by atoms with van der Waals surface area (Å²) in [6.07, 6.45) is 0. The summed E-state index contributed by atoms with van der Waals surface area (Å²) in [5, 5.41) is 0. The highest BCUT2D eigenvalue weighted by Crippen LogP contribution is 2.49. The van der Waals surface area contributed by atoms with Gasteiger partial charge in [0.2, 0.25) is 0 Å². The highest BCUT2D eigenvalue weighted by atomic mass is 31.2. The molecule has 0 aliphatic rings. The van der Waals surface area contributed by atoms with E-state index in [0.717, 1.165) is 14.2 Å². The van der Waals surface area contributed by atoms with Gasteiger partial charge in [-0.3, -0.25) is 0 Å². The molecule has 9 nitrogen and oxygen atoms in total. The van der Waals surface area contributed by atoms with E-state index < -0.39 is 13.9 Å². The molecule has 0 fully saturated rings. The first-order valence-corrected chi connectivity index (χ1v) is 5.35. The van der Waals surface area contributed by atoms with Crippen LogP contribution in [0, 0.1) is 0 Å². The maximum Gasteiger partial charge on any atom is 0.556 e. The van der Waals surface area contributed by atoms with Crippen LogP contribution in [-0.4, -0.2) is 33.4 Å². The van der Waals surface area contributed by atoms with E-state index in [1.54, 1.807) is 0 Å². The van der Waals surface area contributed by atoms with Crippen LogP contribution in [0.5, 0.6) is 0 Å². The molecule has 15 heavy (non-hydrogen) atoms. The Labute approximate surface area is 86.9 Å². The lowest BCUT2D eigenvalue weighted by Gasteiger charge is -2.13. The lowest BCUT2D eigenvalue weighted by atomic mass is 10.3. The third kappa shape index (κ3) is 6.90. The van der Waals surface area contributed by atoms with Crippen molar-refractivity contribution >= 4 is 7.82 Å². The van der Waals surface area contributed by atoms with Crippen molar-refractivity contribution in [2.75, 3.05) is 27.4 Å². The fourth-order valence-corrected chi connectivity index (χ4v) is 1.10. The van der Waals surface area contributed by atoms with E-state index in [1.807, 2.05) is 0 Å². The zero-order valence-electron chi connectivity index (χ0n) is 8.45. The largest absolute Gasteiger partial charge is 0.556 e. The zero-order chi connectivity index (χ0) is 11.7. The number of hydrogen-bond donors (Lipinski definition) is 2. The van der Waals surface area contributed by atoms with Crippen LogP contribution in [0.3, 0.4) is 0 Å². The number of rotatable bonds is 9. The Balaban J connectivity index is 3.90. The smallest absolute Gasteiger partial charge is 0.329 e. The minimum atomic E-state index is -4.05. The second-order valence-electron chi connectivity index (χ2n) is 2.28. The molecule has 1 unspecified atom stereocenters. The Kier molecular flexibility index (Phi) is 8.06. The van der Waals surface area contributed by atoms with Gasteiger partial charge in [-0.15, -0.1) is 14.0 Å². The first-order valence-electron chi connectivity index (χ1n) is 3.89. The molecule has 0 aromatic rings. The van der Waals surface area contributed by atoms with Gasteiger partial charge in [-0.05, 0) is 0 Å². The third-order valence-corrected chi connectivity index (χ3v) is 2.01. The van der Waals surface area contributed by atoms with Gasteiger partial charge in [-0.1, -0.05) is 0 Å². The second-order valence-corrected chi connectivity index (χ2v) is 3.63. The van der Waals surface area contributed by atoms with Gasteiger partial charge >= 0.3 is 7.82 Å². The van der Waals surface area contributed by atoms with Crippen LogP contribution in [0.2, 0.25) is 0 Å². The summed E-state index contributed by atoms with van der Waals surface area (Å²) in [4.78, 5) is 12.7. The van der Waals surface area contributed by atoms with Gasteiger partial charge < -0.3 is 11.5 Å². The van der Waals surface area contributed by atoms with Crippen LogP contribution in [0.4, 0.5) is 0 Å². The van der Waals surface area contributed by atoms with Crippen LogP contribution in [0.25, 0.3) is 0 Å². The molecule has 0 spiro atoms. The van der Waals surface area contributed by atoms with Gasteiger partial charge in [-0.25, -0.2) is 19.2 Å². The molecule has 0 saturated carbocycles. The standard InChI is InChI=1S/C5H15N2O7P/c1-9-12-15(8,13-10-2)14-11-4-5(7)3-6/h5H,3-4,6-7H2,1-2H3. The van der Waals surface area contributed by atoms with E-state index >= 15 is 0 Å². The normalized spacial score (nSPS) is 14.1. The van der Waals surface area contributed by atoms with Crippen molar-refractivity contribution in [2.24, 2.45) is 11.5 Å². The lowest BCUT2D eigenvalue weighted by Crippen LogP contribution is -2.34. The highest BCUT2D eigenvalue weighted by molar-refractivity contribution is 7.48. The van der Waals surface area contributed by atoms with Crippen molar-refractivity contribution in [3.63, 3.8) is 0 Å². The van der Waals surface area contributed by atoms with Gasteiger partial charge in [0, 0.05) is 12.6 Å². The maximum absolute atomic E-state index is 11.4. The molecule has 0 aromatic heterocycles. The summed E-state index contributed by atoms with van der Waals surface area (Å²) in [7, 11) is -1.83. The Morgan fingerprint density at radius 2 is 1.73 bits per heavy atom. The molecule has 0 amide bonds. The quantitative estimate of drug-likeness (QED) is 0.314. The van der Waals surface area contributed by atoms with Crippen LogP contribution >= 0.6 is 7.82 Å². The predicted octanol–water partition coefficient (Wildman–Crippen LogP) is -0.515. The molecule has 0 aliphatic heterocycles. The summed E-state index contributed by atoms with van der Waals surface area (Å²) in [5.41, 5.74) is 10.6. The predicted molar refractivity (Wildman–Crippen MR) is 47.9 cm³/mol. The molecule has 0 radical (unpaired) electrons. The average Bonchev–Trinajstić information content (AvgIpc) is 2.18. The second kappa shape index (κ2) is 8.11. The first kappa shape index (κ1) is 14.9. The lowest BCUT2D eigenvalue weighted by molar-refractivity contribution is -0.311. The molecule has 0 aromatic carbocycles. The Bertz CT molecular complexity index is 194. The molecule has 92 valence electrons. The van der Waals surface area contributed by atoms with Crippen LogP contribution < -0.4 is 11.5 Å². The van der Waals surface area contributed by atoms with Gasteiger partial charge in [0.05, 0.1) is 20.8 Å². The van der Waals surface area contributed by atoms with E-state index in [9.17, 15) is 4.57 Å². The monoisotopic (exact) mass is 246 g/mol. The summed E-state index contributed by atoms with van der Waals surface area (Å²) < 4.78 is 24.0. The van der Waals surface area contributed by atoms with Crippen molar-refractivity contribution < 1.29 is 33.3 Å². The van der Waals surface area contributed by atoms with Crippen molar-refractivity contribution in [3.8, 4) is 0 Å². The topological polar surface area (TPSA) is 124 Å². The Hall–Kier alpha value is -0.0900. The van der Waals surface area contributed by atoms with E-state index in [1.165, 1.54) is 0 Å². The fraction of sp³-hybridized carbons (Fsp3) is 1.00. The maximum atomic E-state index is 11.4. The molecular formula is C5H15N2O7P. The number of nitrogens with two attached hydrogens (primary N) is 2. The number of hydrogen-bond acceptors (Lipinski definition) is 9. The summed E-state index contributed by atoms with van der Waals surface area (Å²) in [5.74, 6) is 0. The molecule has 4 N–H and O–H groups in total. The summed E-state index contributed by atoms with van der Waals surface area (Å²) in [6.45, 7) is 0.102. The Morgan fingerprint density at radius 1 is 1.20 bits per heavy atom. The van der Waals surface area contributed by atoms with Gasteiger partial charge in [-0.2, -0.15) is 0 Å². The first-order chi connectivity index (χ1) is 7.08. The SMILES string of the molecule is COOP(=O)(OOC)OOCC(N)CN. The zero-order valence-corrected chi connectivity index (χ0v) is 9.35. The number of phosphoric acid groups is 1. The molecule has 0 rings (SSSR count). The minimum absolute atomic E-state index is 0.0827. The molecule has 0 heterocycles. The van der Waals surface area contributed by atoms with Gasteiger partial charge in [0.15, 0.2) is 0 Å². The van der Waals surface area contributed by atoms with Gasteiger partial charge in [0.1, 0.15) is 0 Å². The van der Waals surface area contributed by atoms with E-state index in [0.29, 0.717) is 0 Å². The van der Waals surface area contributed by atoms with Crippen LogP contribution in [-0.2, 0) is 33.3 Å². The highest BCUT2D eigenvalue weighted by Gasteiger charge is 2.31. The van der Waals surface area contributed by atoms with Gasteiger partial charge in [0.25, 0.3) is 0 Å². The molecule has 10 heteroatoms. The molecule has 1 atom stereocenters.